The van der Waals surface area contributed by atoms with Crippen LogP contribution in [0.15, 0.2) is 23.1 Å². The number of sulfonamides is 1. The monoisotopic (exact) mass is 351 g/mol. The van der Waals surface area contributed by atoms with E-state index in [9.17, 15) is 13.2 Å². The molecule has 0 N–H and O–H groups in total. The van der Waals surface area contributed by atoms with Crippen molar-refractivity contribution in [2.45, 2.75) is 30.6 Å². The number of carbonyl (C=O) groups is 1. The van der Waals surface area contributed by atoms with Crippen molar-refractivity contribution in [2.24, 2.45) is 0 Å². The molecule has 0 saturated carbocycles. The average molecular weight is 351 g/mol. The summed E-state index contributed by atoms with van der Waals surface area (Å²) in [6.45, 7) is 6.49. The second-order valence-corrected chi connectivity index (χ2v) is 9.34. The molecule has 0 unspecified atom stereocenters. The molecule has 0 bridgehead atoms. The van der Waals surface area contributed by atoms with Crippen LogP contribution in [0.25, 0.3) is 0 Å². The lowest BCUT2D eigenvalue weighted by atomic mass is 9.77. The van der Waals surface area contributed by atoms with Crippen LogP contribution in [0.1, 0.15) is 25.8 Å². The van der Waals surface area contributed by atoms with Crippen molar-refractivity contribution in [2.75, 3.05) is 45.2 Å². The summed E-state index contributed by atoms with van der Waals surface area (Å²) in [5.74, 6) is 0.0576. The molecule has 0 spiro atoms. The van der Waals surface area contributed by atoms with Crippen molar-refractivity contribution in [3.05, 3.63) is 23.8 Å². The largest absolute Gasteiger partial charge is 0.315 e. The second-order valence-electron chi connectivity index (χ2n) is 7.40. The summed E-state index contributed by atoms with van der Waals surface area (Å²) in [4.78, 5) is 16.2. The minimum Gasteiger partial charge on any atom is -0.315 e. The average Bonchev–Trinajstić information content (AvgIpc) is 2.52. The van der Waals surface area contributed by atoms with Gasteiger partial charge in [0.1, 0.15) is 0 Å². The molecule has 1 aromatic rings. The van der Waals surface area contributed by atoms with Gasteiger partial charge in [0.05, 0.1) is 4.90 Å². The number of rotatable bonds is 2. The van der Waals surface area contributed by atoms with Crippen LogP contribution >= 0.6 is 0 Å². The van der Waals surface area contributed by atoms with E-state index in [0.29, 0.717) is 24.4 Å². The number of benzene rings is 1. The molecule has 7 heteroatoms. The third-order valence-electron chi connectivity index (χ3n) is 5.13. The summed E-state index contributed by atoms with van der Waals surface area (Å²) >= 11 is 0. The summed E-state index contributed by atoms with van der Waals surface area (Å²) in [5, 5.41) is 0. The van der Waals surface area contributed by atoms with Gasteiger partial charge < -0.3 is 9.80 Å². The number of piperazine rings is 1. The summed E-state index contributed by atoms with van der Waals surface area (Å²) in [5.41, 5.74) is 1.35. The quantitative estimate of drug-likeness (QED) is 0.805. The Morgan fingerprint density at radius 3 is 2.29 bits per heavy atom. The first kappa shape index (κ1) is 17.4. The summed E-state index contributed by atoms with van der Waals surface area (Å²) in [7, 11) is 0.242. The van der Waals surface area contributed by atoms with Gasteiger partial charge in [-0.2, -0.15) is 4.31 Å². The highest BCUT2D eigenvalue weighted by Gasteiger charge is 2.37. The van der Waals surface area contributed by atoms with Gasteiger partial charge in [-0.3, -0.25) is 4.79 Å². The number of hydrogen-bond acceptors (Lipinski definition) is 4. The molecule has 24 heavy (non-hydrogen) atoms. The van der Waals surface area contributed by atoms with Gasteiger partial charge in [-0.1, -0.05) is 13.8 Å². The molecule has 2 aliphatic rings. The van der Waals surface area contributed by atoms with Gasteiger partial charge in [0.25, 0.3) is 0 Å². The minimum atomic E-state index is -3.50. The number of carbonyl (C=O) groups excluding carboxylic acids is 1. The number of amides is 1. The third kappa shape index (κ3) is 2.85. The normalized spacial score (nSPS) is 22.5. The number of fused-ring (bicyclic) bond motifs is 1. The van der Waals surface area contributed by atoms with Crippen molar-refractivity contribution < 1.29 is 13.2 Å². The second kappa shape index (κ2) is 5.82. The number of likely N-dealkylation sites (N-methyl/N-ethyl adjacent to an activating group) is 1. The molecule has 132 valence electrons. The predicted molar refractivity (Wildman–Crippen MR) is 93.8 cm³/mol. The molecule has 0 atom stereocenters. The fourth-order valence-electron chi connectivity index (χ4n) is 3.41. The molecule has 0 aliphatic carbocycles. The zero-order chi connectivity index (χ0) is 17.7. The molecule has 2 heterocycles. The molecule has 2 aliphatic heterocycles. The zero-order valence-electron chi connectivity index (χ0n) is 14.7. The highest BCUT2D eigenvalue weighted by atomic mass is 32.2. The standard InChI is InChI=1S/C17H25N3O3S/c1-17(2)12-16(21)19(4)15-6-5-13(11-14(15)17)24(22,23)20-9-7-18(3)8-10-20/h5-6,11H,7-10,12H2,1-4H3. The Morgan fingerprint density at radius 2 is 1.67 bits per heavy atom. The van der Waals surface area contributed by atoms with Crippen molar-refractivity contribution >= 4 is 21.6 Å². The van der Waals surface area contributed by atoms with Crippen LogP contribution in [-0.4, -0.2) is 63.8 Å². The molecule has 0 aromatic heterocycles. The Kier molecular flexibility index (Phi) is 4.22. The van der Waals surface area contributed by atoms with Gasteiger partial charge in [-0.25, -0.2) is 8.42 Å². The van der Waals surface area contributed by atoms with E-state index in [2.05, 4.69) is 4.90 Å². The Hall–Kier alpha value is -1.44. The van der Waals surface area contributed by atoms with Crippen LogP contribution in [0.4, 0.5) is 5.69 Å². The molecule has 0 radical (unpaired) electrons. The summed E-state index contributed by atoms with van der Waals surface area (Å²) in [6.07, 6.45) is 0.383. The fourth-order valence-corrected chi connectivity index (χ4v) is 4.86. The van der Waals surface area contributed by atoms with Gasteiger partial charge in [0.15, 0.2) is 0 Å². The highest BCUT2D eigenvalue weighted by molar-refractivity contribution is 7.89. The maximum atomic E-state index is 13.0. The smallest absolute Gasteiger partial charge is 0.243 e. The van der Waals surface area contributed by atoms with E-state index < -0.39 is 10.0 Å². The van der Waals surface area contributed by atoms with Crippen LogP contribution < -0.4 is 4.90 Å². The van der Waals surface area contributed by atoms with E-state index in [1.165, 1.54) is 0 Å². The van der Waals surface area contributed by atoms with Crippen LogP contribution in [0.3, 0.4) is 0 Å². The molecule has 6 nitrogen and oxygen atoms in total. The third-order valence-corrected chi connectivity index (χ3v) is 7.02. The lowest BCUT2D eigenvalue weighted by molar-refractivity contribution is -0.119. The first-order valence-electron chi connectivity index (χ1n) is 8.23. The van der Waals surface area contributed by atoms with Crippen molar-refractivity contribution in [1.82, 2.24) is 9.21 Å². The van der Waals surface area contributed by atoms with Crippen LogP contribution in [0.5, 0.6) is 0 Å². The number of hydrogen-bond donors (Lipinski definition) is 0. The Labute approximate surface area is 144 Å². The van der Waals surface area contributed by atoms with E-state index in [-0.39, 0.29) is 11.3 Å². The van der Waals surface area contributed by atoms with E-state index in [1.54, 1.807) is 34.5 Å². The molecular formula is C17H25N3O3S. The lowest BCUT2D eigenvalue weighted by Crippen LogP contribution is -2.47. The summed E-state index contributed by atoms with van der Waals surface area (Å²) < 4.78 is 27.5. The molecular weight excluding hydrogens is 326 g/mol. The topological polar surface area (TPSA) is 60.9 Å². The number of nitrogens with zero attached hydrogens (tertiary/aromatic N) is 3. The van der Waals surface area contributed by atoms with Gasteiger partial charge in [-0.05, 0) is 30.8 Å². The first-order chi connectivity index (χ1) is 11.1. The van der Waals surface area contributed by atoms with Gasteiger partial charge >= 0.3 is 0 Å². The molecule has 1 saturated heterocycles. The predicted octanol–water partition coefficient (Wildman–Crippen LogP) is 1.27. The zero-order valence-corrected chi connectivity index (χ0v) is 15.6. The van der Waals surface area contributed by atoms with Crippen LogP contribution in [0, 0.1) is 0 Å². The molecule has 1 fully saturated rings. The van der Waals surface area contributed by atoms with E-state index in [1.807, 2.05) is 20.9 Å². The molecule has 1 amide bonds. The Bertz CT molecular complexity index is 765. The summed E-state index contributed by atoms with van der Waals surface area (Å²) in [6, 6.07) is 5.14. The first-order valence-corrected chi connectivity index (χ1v) is 9.67. The Morgan fingerprint density at radius 1 is 1.04 bits per heavy atom. The van der Waals surface area contributed by atoms with Crippen molar-refractivity contribution in [3.63, 3.8) is 0 Å². The van der Waals surface area contributed by atoms with Crippen LogP contribution in [0.2, 0.25) is 0 Å². The van der Waals surface area contributed by atoms with Crippen molar-refractivity contribution in [1.29, 1.82) is 0 Å². The number of anilines is 1. The minimum absolute atomic E-state index is 0.0576. The molecule has 3 rings (SSSR count). The van der Waals surface area contributed by atoms with Crippen LogP contribution in [-0.2, 0) is 20.2 Å². The van der Waals surface area contributed by atoms with E-state index in [0.717, 1.165) is 24.3 Å². The lowest BCUT2D eigenvalue weighted by Gasteiger charge is -2.37. The molecule has 1 aromatic carbocycles. The Balaban J connectivity index is 2.01. The fraction of sp³-hybridized carbons (Fsp3) is 0.588. The van der Waals surface area contributed by atoms with Gasteiger partial charge in [0, 0.05) is 50.7 Å². The van der Waals surface area contributed by atoms with E-state index >= 15 is 0 Å². The van der Waals surface area contributed by atoms with E-state index in [4.69, 9.17) is 0 Å². The SMILES string of the molecule is CN1CCN(S(=O)(=O)c2ccc3c(c2)C(C)(C)CC(=O)N3C)CC1. The maximum absolute atomic E-state index is 13.0. The maximum Gasteiger partial charge on any atom is 0.243 e. The van der Waals surface area contributed by atoms with Gasteiger partial charge in [-0.15, -0.1) is 0 Å². The van der Waals surface area contributed by atoms with Gasteiger partial charge in [0.2, 0.25) is 15.9 Å². The van der Waals surface area contributed by atoms with Crippen molar-refractivity contribution in [3.8, 4) is 0 Å². The highest BCUT2D eigenvalue weighted by Crippen LogP contribution is 2.41.